The van der Waals surface area contributed by atoms with E-state index in [1.165, 1.54) is 12.3 Å². The maximum Gasteiger partial charge on any atom is 0.265 e. The van der Waals surface area contributed by atoms with Crippen LogP contribution < -0.4 is 4.90 Å². The molecular formula is C14H17FN4O4S. The maximum absolute atomic E-state index is 14.5. The van der Waals surface area contributed by atoms with Crippen molar-refractivity contribution in [2.24, 2.45) is 0 Å². The largest absolute Gasteiger partial charge is 0.378 e. The topological polar surface area (TPSA) is 97.4 Å². The van der Waals surface area contributed by atoms with E-state index in [0.29, 0.717) is 37.6 Å². The van der Waals surface area contributed by atoms with Crippen LogP contribution in [0.4, 0.5) is 10.1 Å². The lowest BCUT2D eigenvalue weighted by molar-refractivity contribution is 0.122. The highest BCUT2D eigenvalue weighted by molar-refractivity contribution is 7.86. The first-order valence-electron chi connectivity index (χ1n) is 7.31. The molecule has 1 aliphatic rings. The molecule has 0 bridgehead atoms. The second kappa shape index (κ2) is 6.83. The van der Waals surface area contributed by atoms with Crippen LogP contribution in [-0.2, 0) is 19.0 Å². The van der Waals surface area contributed by atoms with Crippen molar-refractivity contribution in [3.8, 4) is 0 Å². The maximum atomic E-state index is 14.5. The Morgan fingerprint density at radius 3 is 2.71 bits per heavy atom. The summed E-state index contributed by atoms with van der Waals surface area (Å²) in [5.74, 6) is -0.458. The number of H-pyrrole nitrogens is 1. The minimum atomic E-state index is -3.77. The first kappa shape index (κ1) is 16.8. The monoisotopic (exact) mass is 356 g/mol. The first-order valence-corrected chi connectivity index (χ1v) is 9.12. The zero-order valence-electron chi connectivity index (χ0n) is 13.0. The number of ether oxygens (including phenoxy) is 1. The molecule has 1 saturated heterocycles. The molecule has 0 spiro atoms. The molecular weight excluding hydrogens is 339 g/mol. The highest BCUT2D eigenvalue weighted by atomic mass is 32.2. The number of morpholine rings is 1. The molecule has 2 heterocycles. The van der Waals surface area contributed by atoms with Crippen LogP contribution in [0, 0.1) is 5.82 Å². The van der Waals surface area contributed by atoms with Crippen molar-refractivity contribution in [3.63, 3.8) is 0 Å². The summed E-state index contributed by atoms with van der Waals surface area (Å²) in [6, 6.07) is 4.49. The highest BCUT2D eigenvalue weighted by Crippen LogP contribution is 2.30. The summed E-state index contributed by atoms with van der Waals surface area (Å²) in [6.45, 7) is 2.28. The van der Waals surface area contributed by atoms with Crippen LogP contribution in [0.5, 0.6) is 0 Å². The number of aromatic amines is 1. The normalized spacial score (nSPS) is 17.0. The number of hydrogen-bond donors (Lipinski definition) is 1. The van der Waals surface area contributed by atoms with E-state index in [2.05, 4.69) is 15.4 Å². The number of benzene rings is 1. The number of nitrogens with zero attached hydrogens (tertiary/aromatic N) is 3. The Labute approximate surface area is 138 Å². The predicted octanol–water partition coefficient (Wildman–Crippen LogP) is 0.846. The van der Waals surface area contributed by atoms with Crippen LogP contribution >= 0.6 is 0 Å². The van der Waals surface area contributed by atoms with E-state index in [-0.39, 0.29) is 5.69 Å². The fourth-order valence-electron chi connectivity index (χ4n) is 2.54. The van der Waals surface area contributed by atoms with Crippen molar-refractivity contribution >= 4 is 15.8 Å². The molecule has 130 valence electrons. The van der Waals surface area contributed by atoms with E-state index in [4.69, 9.17) is 8.92 Å². The quantitative estimate of drug-likeness (QED) is 0.793. The van der Waals surface area contributed by atoms with E-state index < -0.39 is 22.0 Å². The third-order valence-electron chi connectivity index (χ3n) is 3.60. The highest BCUT2D eigenvalue weighted by Gasteiger charge is 2.24. The van der Waals surface area contributed by atoms with Crippen LogP contribution in [0.1, 0.15) is 17.4 Å². The predicted molar refractivity (Wildman–Crippen MR) is 83.6 cm³/mol. The Balaban J connectivity index is 1.92. The third kappa shape index (κ3) is 3.89. The van der Waals surface area contributed by atoms with Gasteiger partial charge in [-0.2, -0.15) is 8.42 Å². The zero-order chi connectivity index (χ0) is 17.2. The van der Waals surface area contributed by atoms with Crippen LogP contribution in [0.25, 0.3) is 0 Å². The van der Waals surface area contributed by atoms with E-state index in [1.807, 2.05) is 4.90 Å². The first-order chi connectivity index (χ1) is 11.4. The van der Waals surface area contributed by atoms with E-state index in [9.17, 15) is 12.8 Å². The molecule has 3 rings (SSSR count). The summed E-state index contributed by atoms with van der Waals surface area (Å²) < 4.78 is 47.9. The third-order valence-corrected chi connectivity index (χ3v) is 4.14. The van der Waals surface area contributed by atoms with Gasteiger partial charge in [0.05, 0.1) is 25.2 Å². The summed E-state index contributed by atoms with van der Waals surface area (Å²) in [7, 11) is -3.77. The van der Waals surface area contributed by atoms with Gasteiger partial charge in [0.1, 0.15) is 17.6 Å². The smallest absolute Gasteiger partial charge is 0.265 e. The summed E-state index contributed by atoms with van der Waals surface area (Å²) in [5.41, 5.74) is 1.03. The fourth-order valence-corrected chi connectivity index (χ4v) is 3.10. The van der Waals surface area contributed by atoms with Crippen molar-refractivity contribution < 1.29 is 21.7 Å². The molecule has 0 amide bonds. The van der Waals surface area contributed by atoms with Crippen molar-refractivity contribution in [1.29, 1.82) is 0 Å². The van der Waals surface area contributed by atoms with E-state index >= 15 is 0 Å². The minimum absolute atomic E-state index is 0.249. The second-order valence-electron chi connectivity index (χ2n) is 5.39. The molecule has 0 saturated carbocycles. The summed E-state index contributed by atoms with van der Waals surface area (Å²) in [4.78, 5) is 1.88. The number of anilines is 1. The lowest BCUT2D eigenvalue weighted by Crippen LogP contribution is -2.36. The molecule has 1 unspecified atom stereocenters. The molecule has 24 heavy (non-hydrogen) atoms. The van der Waals surface area contributed by atoms with Crippen LogP contribution in [-0.4, -0.2) is 56.4 Å². The van der Waals surface area contributed by atoms with Crippen molar-refractivity contribution in [3.05, 3.63) is 41.5 Å². The Morgan fingerprint density at radius 1 is 1.38 bits per heavy atom. The molecule has 0 radical (unpaired) electrons. The average molecular weight is 356 g/mol. The second-order valence-corrected chi connectivity index (χ2v) is 6.99. The molecule has 2 aromatic rings. The Bertz CT molecular complexity index is 791. The molecule has 1 aromatic heterocycles. The summed E-state index contributed by atoms with van der Waals surface area (Å²) in [6.07, 6.45) is 1.27. The number of rotatable bonds is 5. The van der Waals surface area contributed by atoms with Gasteiger partial charge in [0.15, 0.2) is 0 Å². The Kier molecular flexibility index (Phi) is 4.78. The van der Waals surface area contributed by atoms with Crippen molar-refractivity contribution in [1.82, 2.24) is 15.4 Å². The summed E-state index contributed by atoms with van der Waals surface area (Å²) >= 11 is 0. The van der Waals surface area contributed by atoms with Gasteiger partial charge in [-0.05, 0) is 17.7 Å². The van der Waals surface area contributed by atoms with Crippen LogP contribution in [0.15, 0.2) is 24.4 Å². The summed E-state index contributed by atoms with van der Waals surface area (Å²) in [5, 5.41) is 9.81. The van der Waals surface area contributed by atoms with Gasteiger partial charge in [-0.25, -0.2) is 4.39 Å². The van der Waals surface area contributed by atoms with Gasteiger partial charge >= 0.3 is 0 Å². The number of hydrogen-bond acceptors (Lipinski definition) is 7. The van der Waals surface area contributed by atoms with Gasteiger partial charge in [-0.15, -0.1) is 5.10 Å². The van der Waals surface area contributed by atoms with Gasteiger partial charge in [-0.3, -0.25) is 9.28 Å². The number of nitrogens with one attached hydrogen (secondary N) is 1. The zero-order valence-corrected chi connectivity index (χ0v) is 13.8. The van der Waals surface area contributed by atoms with Gasteiger partial charge in [0.2, 0.25) is 0 Å². The van der Waals surface area contributed by atoms with Crippen molar-refractivity contribution in [2.75, 3.05) is 37.5 Å². The van der Waals surface area contributed by atoms with Gasteiger partial charge < -0.3 is 9.64 Å². The Hall–Kier alpha value is -2.04. The fraction of sp³-hybridized carbons (Fsp3) is 0.429. The SMILES string of the molecule is CS(=O)(=O)OC(c1ccc(N2CCOCC2)c(F)c1)c1c[nH]nn1. The molecule has 1 aromatic carbocycles. The molecule has 8 nitrogen and oxygen atoms in total. The van der Waals surface area contributed by atoms with E-state index in [0.717, 1.165) is 6.26 Å². The van der Waals surface area contributed by atoms with Crippen LogP contribution in [0.3, 0.4) is 0 Å². The molecule has 0 aliphatic carbocycles. The Morgan fingerprint density at radius 2 is 2.12 bits per heavy atom. The number of aromatic nitrogens is 3. The molecule has 1 atom stereocenters. The van der Waals surface area contributed by atoms with Crippen LogP contribution in [0.2, 0.25) is 0 Å². The van der Waals surface area contributed by atoms with Gasteiger partial charge in [-0.1, -0.05) is 11.3 Å². The van der Waals surface area contributed by atoms with Gasteiger partial charge in [0, 0.05) is 19.3 Å². The lowest BCUT2D eigenvalue weighted by atomic mass is 10.1. The molecule has 1 N–H and O–H groups in total. The van der Waals surface area contributed by atoms with Gasteiger partial charge in [0.25, 0.3) is 10.1 Å². The molecule has 1 fully saturated rings. The standard InChI is InChI=1S/C14H17FN4O4S/c1-24(20,21)23-14(12-9-16-18-17-12)10-2-3-13(11(15)8-10)19-4-6-22-7-5-19/h2-3,8-9,14H,4-7H2,1H3,(H,16,17,18). The average Bonchev–Trinajstić information content (AvgIpc) is 3.07. The van der Waals surface area contributed by atoms with Crippen molar-refractivity contribution in [2.45, 2.75) is 6.10 Å². The lowest BCUT2D eigenvalue weighted by Gasteiger charge is -2.29. The molecule has 10 heteroatoms. The molecule has 1 aliphatic heterocycles. The van der Waals surface area contributed by atoms with E-state index in [1.54, 1.807) is 12.1 Å². The minimum Gasteiger partial charge on any atom is -0.378 e. The number of halogens is 1.